The Labute approximate surface area is 104 Å². The first-order valence-electron chi connectivity index (χ1n) is 4.90. The number of nitrogens with zero attached hydrogens (tertiary/aromatic N) is 1. The van der Waals surface area contributed by atoms with Gasteiger partial charge in [-0.3, -0.25) is 4.79 Å². The van der Waals surface area contributed by atoms with E-state index in [1.807, 2.05) is 0 Å². The highest BCUT2D eigenvalue weighted by Gasteiger charge is 2.13. The molecule has 0 aliphatic rings. The summed E-state index contributed by atoms with van der Waals surface area (Å²) in [6.45, 7) is 0.0820. The Morgan fingerprint density at radius 2 is 2.06 bits per heavy atom. The van der Waals surface area contributed by atoms with Crippen LogP contribution in [0.5, 0.6) is 5.75 Å². The molecule has 17 heavy (non-hydrogen) atoms. The summed E-state index contributed by atoms with van der Waals surface area (Å²) in [5.41, 5.74) is 0. The second kappa shape index (κ2) is 6.10. The second-order valence-electron chi connectivity index (χ2n) is 3.36. The van der Waals surface area contributed by atoms with Crippen LogP contribution in [0.1, 0.15) is 6.42 Å². The maximum Gasteiger partial charge on any atom is 0.415 e. The van der Waals surface area contributed by atoms with Gasteiger partial charge in [0.2, 0.25) is 0 Å². The fourth-order valence-electron chi connectivity index (χ4n) is 1.05. The average molecular weight is 258 g/mol. The van der Waals surface area contributed by atoms with E-state index < -0.39 is 12.1 Å². The fourth-order valence-corrected chi connectivity index (χ4v) is 1.23. The van der Waals surface area contributed by atoms with Crippen molar-refractivity contribution in [2.75, 3.05) is 13.6 Å². The minimum Gasteiger partial charge on any atom is -0.481 e. The highest BCUT2D eigenvalue weighted by atomic mass is 35.5. The number of para-hydroxylation sites is 1. The van der Waals surface area contributed by atoms with Crippen LogP contribution in [0.3, 0.4) is 0 Å². The summed E-state index contributed by atoms with van der Waals surface area (Å²) in [5.74, 6) is -0.719. The van der Waals surface area contributed by atoms with Crippen molar-refractivity contribution in [3.63, 3.8) is 0 Å². The number of hydrogen-bond donors (Lipinski definition) is 1. The van der Waals surface area contributed by atoms with Gasteiger partial charge in [-0.05, 0) is 12.1 Å². The Hall–Kier alpha value is -1.75. The molecule has 0 radical (unpaired) electrons. The summed E-state index contributed by atoms with van der Waals surface area (Å²) in [6.07, 6.45) is -0.770. The zero-order valence-corrected chi connectivity index (χ0v) is 9.98. The van der Waals surface area contributed by atoms with Crippen LogP contribution in [0.15, 0.2) is 24.3 Å². The van der Waals surface area contributed by atoms with E-state index in [9.17, 15) is 9.59 Å². The first kappa shape index (κ1) is 13.3. The molecule has 6 heteroatoms. The SMILES string of the molecule is CN(CCC(=O)O)C(=O)Oc1ccccc1Cl. The summed E-state index contributed by atoms with van der Waals surface area (Å²) in [6, 6.07) is 6.56. The largest absolute Gasteiger partial charge is 0.481 e. The number of carbonyl (C=O) groups is 2. The predicted molar refractivity (Wildman–Crippen MR) is 62.4 cm³/mol. The smallest absolute Gasteiger partial charge is 0.415 e. The van der Waals surface area contributed by atoms with Crippen LogP contribution in [0.4, 0.5) is 4.79 Å². The van der Waals surface area contributed by atoms with Crippen LogP contribution in [0, 0.1) is 0 Å². The minimum absolute atomic E-state index is 0.0820. The van der Waals surface area contributed by atoms with Crippen molar-refractivity contribution in [2.24, 2.45) is 0 Å². The van der Waals surface area contributed by atoms with Crippen LogP contribution in [-0.4, -0.2) is 35.7 Å². The summed E-state index contributed by atoms with van der Waals surface area (Å²) < 4.78 is 5.00. The van der Waals surface area contributed by atoms with Gasteiger partial charge in [-0.2, -0.15) is 0 Å². The molecule has 0 saturated carbocycles. The van der Waals surface area contributed by atoms with Gasteiger partial charge in [0, 0.05) is 13.6 Å². The third-order valence-corrected chi connectivity index (χ3v) is 2.32. The number of ether oxygens (including phenoxy) is 1. The topological polar surface area (TPSA) is 66.8 Å². The average Bonchev–Trinajstić information content (AvgIpc) is 2.28. The molecular formula is C11H12ClNO4. The first-order valence-corrected chi connectivity index (χ1v) is 5.28. The summed E-state index contributed by atoms with van der Waals surface area (Å²) in [5, 5.41) is 8.80. The van der Waals surface area contributed by atoms with Crippen molar-refractivity contribution < 1.29 is 19.4 Å². The van der Waals surface area contributed by atoms with Gasteiger partial charge in [-0.25, -0.2) is 4.79 Å². The van der Waals surface area contributed by atoms with Crippen LogP contribution >= 0.6 is 11.6 Å². The first-order chi connectivity index (χ1) is 8.00. The van der Waals surface area contributed by atoms with Crippen molar-refractivity contribution in [3.05, 3.63) is 29.3 Å². The molecule has 1 aromatic carbocycles. The molecule has 0 atom stereocenters. The van der Waals surface area contributed by atoms with E-state index in [1.54, 1.807) is 24.3 Å². The van der Waals surface area contributed by atoms with Crippen LogP contribution in [0.2, 0.25) is 5.02 Å². The van der Waals surface area contributed by atoms with Gasteiger partial charge in [0.05, 0.1) is 11.4 Å². The summed E-state index contributed by atoms with van der Waals surface area (Å²) in [4.78, 5) is 23.0. The number of carboxylic acids is 1. The van der Waals surface area contributed by atoms with Gasteiger partial charge in [0.25, 0.3) is 0 Å². The number of rotatable bonds is 4. The number of amides is 1. The molecule has 5 nitrogen and oxygen atoms in total. The quantitative estimate of drug-likeness (QED) is 0.898. The van der Waals surface area contributed by atoms with Crippen molar-refractivity contribution in [1.82, 2.24) is 4.90 Å². The molecule has 0 unspecified atom stereocenters. The van der Waals surface area contributed by atoms with Gasteiger partial charge >= 0.3 is 12.1 Å². The number of aliphatic carboxylic acids is 1. The Morgan fingerprint density at radius 1 is 1.41 bits per heavy atom. The third kappa shape index (κ3) is 4.32. The lowest BCUT2D eigenvalue weighted by molar-refractivity contribution is -0.137. The molecule has 1 rings (SSSR count). The second-order valence-corrected chi connectivity index (χ2v) is 3.77. The molecular weight excluding hydrogens is 246 g/mol. The highest BCUT2D eigenvalue weighted by Crippen LogP contribution is 2.23. The number of hydrogen-bond acceptors (Lipinski definition) is 3. The summed E-state index contributed by atoms with van der Waals surface area (Å²) in [7, 11) is 1.46. The molecule has 0 heterocycles. The molecule has 0 aliphatic heterocycles. The molecule has 0 spiro atoms. The minimum atomic E-state index is -0.970. The van der Waals surface area contributed by atoms with Gasteiger partial charge in [-0.15, -0.1) is 0 Å². The molecule has 0 aromatic heterocycles. The van der Waals surface area contributed by atoms with E-state index in [0.717, 1.165) is 0 Å². The van der Waals surface area contributed by atoms with Crippen molar-refractivity contribution in [3.8, 4) is 5.75 Å². The summed E-state index contributed by atoms with van der Waals surface area (Å²) >= 11 is 5.81. The van der Waals surface area contributed by atoms with Crippen LogP contribution in [-0.2, 0) is 4.79 Å². The Bertz CT molecular complexity index is 422. The van der Waals surface area contributed by atoms with E-state index in [4.69, 9.17) is 21.4 Å². The zero-order valence-electron chi connectivity index (χ0n) is 9.22. The Balaban J connectivity index is 2.54. The van der Waals surface area contributed by atoms with E-state index in [0.29, 0.717) is 5.02 Å². The third-order valence-electron chi connectivity index (χ3n) is 2.01. The van der Waals surface area contributed by atoms with E-state index in [1.165, 1.54) is 11.9 Å². The van der Waals surface area contributed by atoms with Gasteiger partial charge < -0.3 is 14.7 Å². The van der Waals surface area contributed by atoms with Gasteiger partial charge in [-0.1, -0.05) is 23.7 Å². The van der Waals surface area contributed by atoms with E-state index in [2.05, 4.69) is 0 Å². The van der Waals surface area contributed by atoms with Crippen molar-refractivity contribution in [1.29, 1.82) is 0 Å². The van der Waals surface area contributed by atoms with Crippen LogP contribution in [0.25, 0.3) is 0 Å². The monoisotopic (exact) mass is 257 g/mol. The van der Waals surface area contributed by atoms with Crippen molar-refractivity contribution >= 4 is 23.7 Å². The Morgan fingerprint density at radius 3 is 2.65 bits per heavy atom. The molecule has 0 fully saturated rings. The fraction of sp³-hybridized carbons (Fsp3) is 0.273. The van der Waals surface area contributed by atoms with Gasteiger partial charge in [0.1, 0.15) is 0 Å². The lowest BCUT2D eigenvalue weighted by atomic mass is 10.3. The van der Waals surface area contributed by atoms with E-state index in [-0.39, 0.29) is 18.7 Å². The van der Waals surface area contributed by atoms with Crippen LogP contribution < -0.4 is 4.74 Å². The lowest BCUT2D eigenvalue weighted by Crippen LogP contribution is -2.31. The maximum atomic E-state index is 11.5. The molecule has 1 amide bonds. The van der Waals surface area contributed by atoms with E-state index >= 15 is 0 Å². The molecule has 0 saturated heterocycles. The molecule has 1 N–H and O–H groups in total. The normalized spacial score (nSPS) is 9.76. The van der Waals surface area contributed by atoms with Gasteiger partial charge in [0.15, 0.2) is 5.75 Å². The molecule has 92 valence electrons. The number of halogens is 1. The maximum absolute atomic E-state index is 11.5. The molecule has 1 aromatic rings. The number of carbonyl (C=O) groups excluding carboxylic acids is 1. The number of benzene rings is 1. The molecule has 0 bridgehead atoms. The molecule has 0 aliphatic carbocycles. The standard InChI is InChI=1S/C11H12ClNO4/c1-13(7-6-10(14)15)11(16)17-9-5-3-2-4-8(9)12/h2-5H,6-7H2,1H3,(H,14,15). The Kier molecular flexibility index (Phi) is 4.78. The van der Waals surface area contributed by atoms with Crippen molar-refractivity contribution in [2.45, 2.75) is 6.42 Å². The highest BCUT2D eigenvalue weighted by molar-refractivity contribution is 6.32. The lowest BCUT2D eigenvalue weighted by Gasteiger charge is -2.15. The predicted octanol–water partition coefficient (Wildman–Crippen LogP) is 2.25. The zero-order chi connectivity index (χ0) is 12.8. The number of carboxylic acid groups (broad SMARTS) is 1.